The SMILES string of the molecule is Cc1cc(-c2cnc(C)nc2C2CCCCN2S(=O)(=O)c2ccccc2)on1. The van der Waals surface area contributed by atoms with E-state index in [0.717, 1.165) is 18.5 Å². The van der Waals surface area contributed by atoms with Crippen LogP contribution in [0.5, 0.6) is 0 Å². The smallest absolute Gasteiger partial charge is 0.243 e. The highest BCUT2D eigenvalue weighted by Gasteiger charge is 2.37. The number of rotatable bonds is 4. The fourth-order valence-corrected chi connectivity index (χ4v) is 5.30. The second-order valence-electron chi connectivity index (χ2n) is 6.99. The van der Waals surface area contributed by atoms with Crippen molar-refractivity contribution in [1.82, 2.24) is 19.4 Å². The van der Waals surface area contributed by atoms with Crippen molar-refractivity contribution in [2.24, 2.45) is 0 Å². The summed E-state index contributed by atoms with van der Waals surface area (Å²) in [6.07, 6.45) is 4.15. The highest BCUT2D eigenvalue weighted by molar-refractivity contribution is 7.89. The molecule has 1 aliphatic rings. The lowest BCUT2D eigenvalue weighted by molar-refractivity contribution is 0.251. The fraction of sp³-hybridized carbons (Fsp3) is 0.350. The zero-order valence-corrected chi connectivity index (χ0v) is 16.7. The van der Waals surface area contributed by atoms with Gasteiger partial charge in [-0.25, -0.2) is 18.4 Å². The van der Waals surface area contributed by atoms with Gasteiger partial charge in [-0.3, -0.25) is 0 Å². The molecule has 7 nitrogen and oxygen atoms in total. The van der Waals surface area contributed by atoms with Crippen molar-refractivity contribution in [2.45, 2.75) is 44.0 Å². The molecule has 0 saturated carbocycles. The first-order valence-electron chi connectivity index (χ1n) is 9.31. The summed E-state index contributed by atoms with van der Waals surface area (Å²) in [5.74, 6) is 1.15. The first kappa shape index (κ1) is 18.8. The molecule has 8 heteroatoms. The Labute approximate surface area is 164 Å². The van der Waals surface area contributed by atoms with Crippen LogP contribution in [0.15, 0.2) is 52.0 Å². The standard InChI is InChI=1S/C20H22N4O3S/c1-14-12-19(27-23-14)17-13-21-15(2)22-20(17)18-10-6-7-11-24(18)28(25,26)16-8-4-3-5-9-16/h3-5,8-9,12-13,18H,6-7,10-11H2,1-2H3. The minimum absolute atomic E-state index is 0.296. The van der Waals surface area contributed by atoms with E-state index in [2.05, 4.69) is 15.1 Å². The maximum absolute atomic E-state index is 13.4. The van der Waals surface area contributed by atoms with Gasteiger partial charge in [-0.15, -0.1) is 0 Å². The monoisotopic (exact) mass is 398 g/mol. The van der Waals surface area contributed by atoms with Gasteiger partial charge >= 0.3 is 0 Å². The van der Waals surface area contributed by atoms with Crippen LogP contribution in [0.25, 0.3) is 11.3 Å². The van der Waals surface area contributed by atoms with Crippen LogP contribution in [0.4, 0.5) is 0 Å². The molecule has 0 spiro atoms. The van der Waals surface area contributed by atoms with Gasteiger partial charge in [-0.2, -0.15) is 4.31 Å². The molecule has 1 fully saturated rings. The van der Waals surface area contributed by atoms with Crippen molar-refractivity contribution >= 4 is 10.0 Å². The average molecular weight is 398 g/mol. The molecule has 0 N–H and O–H groups in total. The molecule has 2 aromatic heterocycles. The van der Waals surface area contributed by atoms with Crippen LogP contribution in [-0.4, -0.2) is 34.4 Å². The van der Waals surface area contributed by atoms with Gasteiger partial charge in [0, 0.05) is 18.8 Å². The maximum Gasteiger partial charge on any atom is 0.243 e. The molecule has 3 aromatic rings. The maximum atomic E-state index is 13.4. The average Bonchev–Trinajstić information content (AvgIpc) is 3.14. The van der Waals surface area contributed by atoms with Gasteiger partial charge in [-0.05, 0) is 38.8 Å². The predicted octanol–water partition coefficient (Wildman–Crippen LogP) is 3.66. The van der Waals surface area contributed by atoms with Crippen molar-refractivity contribution in [3.63, 3.8) is 0 Å². The van der Waals surface area contributed by atoms with E-state index < -0.39 is 10.0 Å². The molecule has 0 radical (unpaired) electrons. The van der Waals surface area contributed by atoms with E-state index in [1.54, 1.807) is 41.7 Å². The number of nitrogens with zero attached hydrogens (tertiary/aromatic N) is 4. The van der Waals surface area contributed by atoms with Crippen molar-refractivity contribution in [2.75, 3.05) is 6.54 Å². The van der Waals surface area contributed by atoms with E-state index in [1.165, 1.54) is 0 Å². The zero-order valence-electron chi connectivity index (χ0n) is 15.9. The van der Waals surface area contributed by atoms with Crippen LogP contribution < -0.4 is 0 Å². The summed E-state index contributed by atoms with van der Waals surface area (Å²) in [5, 5.41) is 3.95. The second kappa shape index (κ2) is 7.44. The largest absolute Gasteiger partial charge is 0.356 e. The number of hydrogen-bond acceptors (Lipinski definition) is 6. The third kappa shape index (κ3) is 3.45. The molecule has 0 amide bonds. The van der Waals surface area contributed by atoms with Crippen LogP contribution >= 0.6 is 0 Å². The summed E-state index contributed by atoms with van der Waals surface area (Å²) < 4.78 is 33.7. The molecule has 146 valence electrons. The summed E-state index contributed by atoms with van der Waals surface area (Å²) in [7, 11) is -3.64. The zero-order chi connectivity index (χ0) is 19.7. The first-order valence-corrected chi connectivity index (χ1v) is 10.7. The fourth-order valence-electron chi connectivity index (χ4n) is 3.62. The molecule has 0 bridgehead atoms. The lowest BCUT2D eigenvalue weighted by Crippen LogP contribution is -2.39. The Balaban J connectivity index is 1.82. The molecule has 1 aromatic carbocycles. The van der Waals surface area contributed by atoms with Crippen molar-refractivity contribution in [1.29, 1.82) is 0 Å². The molecule has 1 atom stereocenters. The van der Waals surface area contributed by atoms with Crippen LogP contribution in [0.2, 0.25) is 0 Å². The quantitative estimate of drug-likeness (QED) is 0.666. The van der Waals surface area contributed by atoms with E-state index in [0.29, 0.717) is 40.7 Å². The third-order valence-electron chi connectivity index (χ3n) is 4.95. The summed E-state index contributed by atoms with van der Waals surface area (Å²) in [6.45, 7) is 4.10. The minimum atomic E-state index is -3.64. The molecule has 1 unspecified atom stereocenters. The van der Waals surface area contributed by atoms with Gasteiger partial charge in [0.25, 0.3) is 0 Å². The number of piperidine rings is 1. The molecule has 4 rings (SSSR count). The van der Waals surface area contributed by atoms with Crippen molar-refractivity contribution in [3.05, 3.63) is 59.8 Å². The van der Waals surface area contributed by atoms with E-state index in [1.807, 2.05) is 19.1 Å². The highest BCUT2D eigenvalue weighted by atomic mass is 32.2. The van der Waals surface area contributed by atoms with Crippen LogP contribution in [0, 0.1) is 13.8 Å². The van der Waals surface area contributed by atoms with Gasteiger partial charge in [0.15, 0.2) is 5.76 Å². The lowest BCUT2D eigenvalue weighted by Gasteiger charge is -2.35. The Hall–Kier alpha value is -2.58. The Morgan fingerprint density at radius 3 is 2.64 bits per heavy atom. The second-order valence-corrected chi connectivity index (χ2v) is 8.88. The van der Waals surface area contributed by atoms with Gasteiger partial charge in [0.05, 0.1) is 27.9 Å². The molecule has 1 aliphatic heterocycles. The first-order chi connectivity index (χ1) is 13.5. The van der Waals surface area contributed by atoms with E-state index >= 15 is 0 Å². The van der Waals surface area contributed by atoms with E-state index in [9.17, 15) is 8.42 Å². The van der Waals surface area contributed by atoms with Crippen molar-refractivity contribution < 1.29 is 12.9 Å². The van der Waals surface area contributed by atoms with Gasteiger partial charge in [0.2, 0.25) is 10.0 Å². The number of benzene rings is 1. The third-order valence-corrected chi connectivity index (χ3v) is 6.87. The number of aryl methyl sites for hydroxylation is 2. The molecule has 0 aliphatic carbocycles. The summed E-state index contributed by atoms with van der Waals surface area (Å²) in [5.41, 5.74) is 2.10. The molecule has 1 saturated heterocycles. The Morgan fingerprint density at radius 1 is 1.14 bits per heavy atom. The van der Waals surface area contributed by atoms with Crippen molar-refractivity contribution in [3.8, 4) is 11.3 Å². The minimum Gasteiger partial charge on any atom is -0.356 e. The van der Waals surface area contributed by atoms with E-state index in [-0.39, 0.29) is 6.04 Å². The Kier molecular flexibility index (Phi) is 4.99. The Bertz CT molecular complexity index is 1080. The number of sulfonamides is 1. The molecule has 3 heterocycles. The van der Waals surface area contributed by atoms with Crippen LogP contribution in [-0.2, 0) is 10.0 Å². The van der Waals surface area contributed by atoms with E-state index in [4.69, 9.17) is 4.52 Å². The number of hydrogen-bond donors (Lipinski definition) is 0. The van der Waals surface area contributed by atoms with Crippen LogP contribution in [0.1, 0.15) is 42.5 Å². The molecular formula is C20H22N4O3S. The van der Waals surface area contributed by atoms with Gasteiger partial charge < -0.3 is 4.52 Å². The Morgan fingerprint density at radius 2 is 1.93 bits per heavy atom. The van der Waals surface area contributed by atoms with Gasteiger partial charge in [-0.1, -0.05) is 29.8 Å². The topological polar surface area (TPSA) is 89.2 Å². The van der Waals surface area contributed by atoms with Gasteiger partial charge in [0.1, 0.15) is 5.82 Å². The normalized spacial score (nSPS) is 18.3. The molecule has 28 heavy (non-hydrogen) atoms. The number of aromatic nitrogens is 3. The summed E-state index contributed by atoms with van der Waals surface area (Å²) in [4.78, 5) is 9.23. The summed E-state index contributed by atoms with van der Waals surface area (Å²) in [6, 6.07) is 9.99. The lowest BCUT2D eigenvalue weighted by atomic mass is 9.98. The predicted molar refractivity (Wildman–Crippen MR) is 104 cm³/mol. The summed E-state index contributed by atoms with van der Waals surface area (Å²) >= 11 is 0. The molecular weight excluding hydrogens is 376 g/mol. The highest BCUT2D eigenvalue weighted by Crippen LogP contribution is 2.38. The van der Waals surface area contributed by atoms with Crippen LogP contribution in [0.3, 0.4) is 0 Å².